The van der Waals surface area contributed by atoms with Gasteiger partial charge in [-0.3, -0.25) is 0 Å². The largest absolute Gasteiger partial charge is 0.378 e. The Hall–Kier alpha value is -1.87. The number of anilines is 1. The van der Waals surface area contributed by atoms with Crippen molar-refractivity contribution in [1.82, 2.24) is 5.32 Å². The van der Waals surface area contributed by atoms with Gasteiger partial charge in [-0.15, -0.1) is 0 Å². The minimum absolute atomic E-state index is 0.178. The summed E-state index contributed by atoms with van der Waals surface area (Å²) in [6.07, 6.45) is 0.913. The molecule has 106 valence electrons. The molecule has 0 aromatic heterocycles. The van der Waals surface area contributed by atoms with E-state index in [2.05, 4.69) is 34.5 Å². The maximum Gasteiger partial charge on any atom is 0.123 e. The average molecular weight is 272 g/mol. The predicted octanol–water partition coefficient (Wildman–Crippen LogP) is 3.22. The summed E-state index contributed by atoms with van der Waals surface area (Å²) in [5.74, 6) is -0.178. The number of nitrogens with one attached hydrogen (secondary N) is 1. The number of nitrogens with zero attached hydrogens (tertiary/aromatic N) is 1. The van der Waals surface area contributed by atoms with E-state index >= 15 is 0 Å². The first-order valence-corrected chi connectivity index (χ1v) is 6.86. The standard InChI is InChI=1S/C17H21FN2/c1-20(2)17-9-5-15(6-10-17)13-19-12-11-14-3-7-16(18)8-4-14/h3-10,19H,11-13H2,1-2H3. The quantitative estimate of drug-likeness (QED) is 0.812. The van der Waals surface area contributed by atoms with Gasteiger partial charge in [0.1, 0.15) is 5.82 Å². The first-order valence-electron chi connectivity index (χ1n) is 6.86. The lowest BCUT2D eigenvalue weighted by Gasteiger charge is -2.13. The smallest absolute Gasteiger partial charge is 0.123 e. The molecule has 2 rings (SSSR count). The molecule has 2 aromatic rings. The van der Waals surface area contributed by atoms with Crippen LogP contribution in [-0.4, -0.2) is 20.6 Å². The zero-order valence-corrected chi connectivity index (χ0v) is 12.1. The summed E-state index contributed by atoms with van der Waals surface area (Å²) in [5.41, 5.74) is 3.64. The number of benzene rings is 2. The van der Waals surface area contributed by atoms with Gasteiger partial charge >= 0.3 is 0 Å². The number of hydrogen-bond donors (Lipinski definition) is 1. The van der Waals surface area contributed by atoms with E-state index in [9.17, 15) is 4.39 Å². The Bertz CT molecular complexity index is 518. The zero-order valence-electron chi connectivity index (χ0n) is 12.1. The van der Waals surface area contributed by atoms with Crippen molar-refractivity contribution in [2.75, 3.05) is 25.5 Å². The maximum absolute atomic E-state index is 12.8. The lowest BCUT2D eigenvalue weighted by molar-refractivity contribution is 0.626. The van der Waals surface area contributed by atoms with Crippen LogP contribution in [0.5, 0.6) is 0 Å². The summed E-state index contributed by atoms with van der Waals surface area (Å²) < 4.78 is 12.8. The topological polar surface area (TPSA) is 15.3 Å². The Balaban J connectivity index is 1.74. The third-order valence-corrected chi connectivity index (χ3v) is 3.29. The Morgan fingerprint density at radius 1 is 0.900 bits per heavy atom. The van der Waals surface area contributed by atoms with Gasteiger partial charge in [-0.2, -0.15) is 0 Å². The minimum atomic E-state index is -0.178. The fourth-order valence-corrected chi connectivity index (χ4v) is 2.03. The lowest BCUT2D eigenvalue weighted by atomic mass is 10.1. The van der Waals surface area contributed by atoms with Crippen LogP contribution in [0.4, 0.5) is 10.1 Å². The number of rotatable bonds is 6. The second kappa shape index (κ2) is 7.06. The van der Waals surface area contributed by atoms with Crippen molar-refractivity contribution in [3.63, 3.8) is 0 Å². The van der Waals surface area contributed by atoms with Crippen LogP contribution in [0.3, 0.4) is 0 Å². The van der Waals surface area contributed by atoms with Crippen LogP contribution in [0.15, 0.2) is 48.5 Å². The van der Waals surface area contributed by atoms with Crippen molar-refractivity contribution < 1.29 is 4.39 Å². The first-order chi connectivity index (χ1) is 9.65. The molecule has 0 radical (unpaired) electrons. The van der Waals surface area contributed by atoms with E-state index in [1.165, 1.54) is 23.4 Å². The van der Waals surface area contributed by atoms with Crippen LogP contribution in [0.1, 0.15) is 11.1 Å². The van der Waals surface area contributed by atoms with Gasteiger partial charge in [-0.05, 0) is 48.4 Å². The normalized spacial score (nSPS) is 10.6. The van der Waals surface area contributed by atoms with Gasteiger partial charge < -0.3 is 10.2 Å². The highest BCUT2D eigenvalue weighted by Gasteiger charge is 1.97. The fraction of sp³-hybridized carbons (Fsp3) is 0.294. The molecule has 2 nitrogen and oxygen atoms in total. The SMILES string of the molecule is CN(C)c1ccc(CNCCc2ccc(F)cc2)cc1. The molecule has 0 fully saturated rings. The lowest BCUT2D eigenvalue weighted by Crippen LogP contribution is -2.16. The van der Waals surface area contributed by atoms with Gasteiger partial charge in [0.2, 0.25) is 0 Å². The molecule has 0 unspecified atom stereocenters. The molecule has 0 saturated heterocycles. The van der Waals surface area contributed by atoms with E-state index in [4.69, 9.17) is 0 Å². The summed E-state index contributed by atoms with van der Waals surface area (Å²) in [4.78, 5) is 2.09. The maximum atomic E-state index is 12.8. The van der Waals surface area contributed by atoms with E-state index in [1.807, 2.05) is 26.2 Å². The van der Waals surface area contributed by atoms with Gasteiger partial charge in [0.15, 0.2) is 0 Å². The fourth-order valence-electron chi connectivity index (χ4n) is 2.03. The Morgan fingerprint density at radius 3 is 2.10 bits per heavy atom. The molecular formula is C17H21FN2. The van der Waals surface area contributed by atoms with E-state index in [1.54, 1.807) is 0 Å². The summed E-state index contributed by atoms with van der Waals surface area (Å²) in [7, 11) is 4.08. The molecule has 0 atom stereocenters. The number of halogens is 1. The van der Waals surface area contributed by atoms with E-state index in [-0.39, 0.29) is 5.82 Å². The molecule has 0 aliphatic carbocycles. The second-order valence-electron chi connectivity index (χ2n) is 5.11. The molecule has 3 heteroatoms. The van der Waals surface area contributed by atoms with Crippen LogP contribution in [0.2, 0.25) is 0 Å². The van der Waals surface area contributed by atoms with Gasteiger partial charge in [-0.25, -0.2) is 4.39 Å². The molecule has 0 aliphatic heterocycles. The average Bonchev–Trinajstić information content (AvgIpc) is 2.46. The zero-order chi connectivity index (χ0) is 14.4. The van der Waals surface area contributed by atoms with Gasteiger partial charge in [0.05, 0.1) is 0 Å². The van der Waals surface area contributed by atoms with Crippen molar-refractivity contribution in [3.05, 3.63) is 65.5 Å². The summed E-state index contributed by atoms with van der Waals surface area (Å²) >= 11 is 0. The molecular weight excluding hydrogens is 251 g/mol. The molecule has 20 heavy (non-hydrogen) atoms. The molecule has 2 aromatic carbocycles. The second-order valence-corrected chi connectivity index (χ2v) is 5.11. The third kappa shape index (κ3) is 4.35. The first kappa shape index (κ1) is 14.5. The monoisotopic (exact) mass is 272 g/mol. The third-order valence-electron chi connectivity index (χ3n) is 3.29. The Morgan fingerprint density at radius 2 is 1.50 bits per heavy atom. The molecule has 1 N–H and O–H groups in total. The van der Waals surface area contributed by atoms with Gasteiger partial charge in [0, 0.05) is 26.3 Å². The van der Waals surface area contributed by atoms with Crippen molar-refractivity contribution in [1.29, 1.82) is 0 Å². The van der Waals surface area contributed by atoms with E-state index in [0.29, 0.717) is 0 Å². The molecule has 0 aliphatic rings. The van der Waals surface area contributed by atoms with Crippen LogP contribution < -0.4 is 10.2 Å². The summed E-state index contributed by atoms with van der Waals surface area (Å²) in [6, 6.07) is 15.2. The van der Waals surface area contributed by atoms with Crippen LogP contribution in [0, 0.1) is 5.82 Å². The molecule has 0 saturated carbocycles. The van der Waals surface area contributed by atoms with Crippen molar-refractivity contribution in [2.24, 2.45) is 0 Å². The molecule has 0 bridgehead atoms. The highest BCUT2D eigenvalue weighted by atomic mass is 19.1. The highest BCUT2D eigenvalue weighted by Crippen LogP contribution is 2.12. The van der Waals surface area contributed by atoms with E-state index < -0.39 is 0 Å². The van der Waals surface area contributed by atoms with Crippen molar-refractivity contribution in [3.8, 4) is 0 Å². The van der Waals surface area contributed by atoms with Crippen molar-refractivity contribution >= 4 is 5.69 Å². The van der Waals surface area contributed by atoms with Gasteiger partial charge in [0.25, 0.3) is 0 Å². The van der Waals surface area contributed by atoms with Crippen LogP contribution in [-0.2, 0) is 13.0 Å². The van der Waals surface area contributed by atoms with Crippen LogP contribution >= 0.6 is 0 Å². The van der Waals surface area contributed by atoms with Gasteiger partial charge in [-0.1, -0.05) is 24.3 Å². The predicted molar refractivity (Wildman–Crippen MR) is 82.6 cm³/mol. The Labute approximate surface area is 120 Å². The van der Waals surface area contributed by atoms with Crippen molar-refractivity contribution in [2.45, 2.75) is 13.0 Å². The molecule has 0 spiro atoms. The minimum Gasteiger partial charge on any atom is -0.378 e. The molecule has 0 heterocycles. The highest BCUT2D eigenvalue weighted by molar-refractivity contribution is 5.45. The Kier molecular flexibility index (Phi) is 5.13. The number of hydrogen-bond acceptors (Lipinski definition) is 2. The summed E-state index contributed by atoms with van der Waals surface area (Å²) in [5, 5.41) is 3.41. The van der Waals surface area contributed by atoms with Crippen LogP contribution in [0.25, 0.3) is 0 Å². The molecule has 0 amide bonds. The summed E-state index contributed by atoms with van der Waals surface area (Å²) in [6.45, 7) is 1.75. The van der Waals surface area contributed by atoms with E-state index in [0.717, 1.165) is 25.1 Å².